The minimum atomic E-state index is 0.847. The summed E-state index contributed by atoms with van der Waals surface area (Å²) in [7, 11) is 0. The van der Waals surface area contributed by atoms with Crippen molar-refractivity contribution in [3.8, 4) is 0 Å². The van der Waals surface area contributed by atoms with Gasteiger partial charge in [-0.15, -0.1) is 10.2 Å². The number of thioether (sulfide) groups is 2. The van der Waals surface area contributed by atoms with Crippen molar-refractivity contribution in [2.45, 2.75) is 40.4 Å². The van der Waals surface area contributed by atoms with Crippen LogP contribution in [0.25, 0.3) is 0 Å². The molecule has 0 atom stereocenters. The second kappa shape index (κ2) is 6.83. The Morgan fingerprint density at radius 3 is 2.81 bits per heavy atom. The fourth-order valence-corrected chi connectivity index (χ4v) is 3.83. The largest absolute Gasteiger partial charge is 0.314 e. The van der Waals surface area contributed by atoms with Gasteiger partial charge < -0.3 is 5.32 Å². The van der Waals surface area contributed by atoms with E-state index in [1.807, 2.05) is 18.0 Å². The van der Waals surface area contributed by atoms with Crippen molar-refractivity contribution in [1.82, 2.24) is 15.5 Å². The highest BCUT2D eigenvalue weighted by Gasteiger charge is 2.19. The van der Waals surface area contributed by atoms with Crippen LogP contribution in [0.1, 0.15) is 25.7 Å². The number of aromatic nitrogens is 2. The van der Waals surface area contributed by atoms with Gasteiger partial charge in [-0.05, 0) is 38.5 Å². The number of nitrogens with zero attached hydrogens (tertiary/aromatic N) is 2. The summed E-state index contributed by atoms with van der Waals surface area (Å²) >= 11 is 5.20. The molecule has 1 aromatic rings. The van der Waals surface area contributed by atoms with Gasteiger partial charge in [-0.3, -0.25) is 0 Å². The molecular formula is C10H17N3S3. The Morgan fingerprint density at radius 1 is 1.31 bits per heavy atom. The van der Waals surface area contributed by atoms with Crippen molar-refractivity contribution in [2.24, 2.45) is 0 Å². The molecule has 6 heteroatoms. The van der Waals surface area contributed by atoms with Crippen LogP contribution in [-0.2, 0) is 0 Å². The average Bonchev–Trinajstić information content (AvgIpc) is 3.01. The predicted octanol–water partition coefficient (Wildman–Crippen LogP) is 2.88. The topological polar surface area (TPSA) is 37.8 Å². The lowest BCUT2D eigenvalue weighted by Gasteiger charge is -2.01. The molecule has 1 aliphatic carbocycles. The van der Waals surface area contributed by atoms with Gasteiger partial charge in [-0.2, -0.15) is 0 Å². The summed E-state index contributed by atoms with van der Waals surface area (Å²) in [6.07, 6.45) is 7.35. The second-order valence-electron chi connectivity index (χ2n) is 3.82. The first-order valence-corrected chi connectivity index (χ1v) is 8.65. The Bertz CT molecular complexity index is 312. The quantitative estimate of drug-likeness (QED) is 0.583. The highest BCUT2D eigenvalue weighted by Crippen LogP contribution is 2.27. The van der Waals surface area contributed by atoms with Gasteiger partial charge in [0, 0.05) is 11.8 Å². The molecule has 90 valence electrons. The lowest BCUT2D eigenvalue weighted by atomic mass is 10.3. The van der Waals surface area contributed by atoms with E-state index in [1.54, 1.807) is 23.1 Å². The van der Waals surface area contributed by atoms with Gasteiger partial charge >= 0.3 is 0 Å². The molecule has 3 nitrogen and oxygen atoms in total. The molecule has 0 saturated heterocycles. The Balaban J connectivity index is 1.49. The first-order valence-electron chi connectivity index (χ1n) is 5.62. The molecule has 0 spiro atoms. The first kappa shape index (κ1) is 12.7. The molecular weight excluding hydrogens is 258 g/mol. The standard InChI is InChI=1S/C10H17N3S3/c1-14-9-12-13-10(16-9)15-7-3-2-6-11-8-4-5-8/h8,11H,2-7H2,1H3. The van der Waals surface area contributed by atoms with Crippen LogP contribution < -0.4 is 5.32 Å². The zero-order valence-electron chi connectivity index (χ0n) is 9.44. The van der Waals surface area contributed by atoms with E-state index < -0.39 is 0 Å². The monoisotopic (exact) mass is 275 g/mol. The minimum Gasteiger partial charge on any atom is -0.314 e. The molecule has 1 fully saturated rings. The maximum atomic E-state index is 4.14. The Labute approximate surface area is 109 Å². The molecule has 0 unspecified atom stereocenters. The van der Waals surface area contributed by atoms with Crippen LogP contribution in [0.3, 0.4) is 0 Å². The van der Waals surface area contributed by atoms with E-state index in [0.717, 1.165) is 20.5 Å². The molecule has 1 heterocycles. The van der Waals surface area contributed by atoms with Crippen molar-refractivity contribution >= 4 is 34.9 Å². The van der Waals surface area contributed by atoms with Gasteiger partial charge in [0.25, 0.3) is 0 Å². The van der Waals surface area contributed by atoms with E-state index in [0.29, 0.717) is 0 Å². The zero-order valence-corrected chi connectivity index (χ0v) is 11.9. The van der Waals surface area contributed by atoms with Crippen molar-refractivity contribution in [3.05, 3.63) is 0 Å². The number of unbranched alkanes of at least 4 members (excludes halogenated alkanes) is 1. The van der Waals surface area contributed by atoms with Crippen molar-refractivity contribution in [3.63, 3.8) is 0 Å². The van der Waals surface area contributed by atoms with Crippen LogP contribution in [-0.4, -0.2) is 34.8 Å². The zero-order chi connectivity index (χ0) is 11.2. The molecule has 1 saturated carbocycles. The van der Waals surface area contributed by atoms with E-state index >= 15 is 0 Å². The van der Waals surface area contributed by atoms with E-state index in [-0.39, 0.29) is 0 Å². The van der Waals surface area contributed by atoms with Crippen molar-refractivity contribution in [2.75, 3.05) is 18.6 Å². The fraction of sp³-hybridized carbons (Fsp3) is 0.800. The fourth-order valence-electron chi connectivity index (χ4n) is 1.32. The van der Waals surface area contributed by atoms with Gasteiger partial charge in [-0.1, -0.05) is 34.9 Å². The summed E-state index contributed by atoms with van der Waals surface area (Å²) < 4.78 is 2.18. The van der Waals surface area contributed by atoms with Crippen LogP contribution in [0.2, 0.25) is 0 Å². The van der Waals surface area contributed by atoms with Crippen LogP contribution in [0.5, 0.6) is 0 Å². The van der Waals surface area contributed by atoms with Crippen LogP contribution in [0, 0.1) is 0 Å². The molecule has 0 amide bonds. The molecule has 0 aliphatic heterocycles. The Morgan fingerprint density at radius 2 is 2.12 bits per heavy atom. The number of rotatable bonds is 8. The van der Waals surface area contributed by atoms with Crippen LogP contribution >= 0.6 is 34.9 Å². The van der Waals surface area contributed by atoms with E-state index in [4.69, 9.17) is 0 Å². The van der Waals surface area contributed by atoms with Gasteiger partial charge in [0.2, 0.25) is 0 Å². The molecule has 1 N–H and O–H groups in total. The van der Waals surface area contributed by atoms with Crippen LogP contribution in [0.15, 0.2) is 8.68 Å². The summed E-state index contributed by atoms with van der Waals surface area (Å²) in [4.78, 5) is 0. The summed E-state index contributed by atoms with van der Waals surface area (Å²) in [6, 6.07) is 0.847. The van der Waals surface area contributed by atoms with E-state index in [1.165, 1.54) is 32.2 Å². The van der Waals surface area contributed by atoms with Gasteiger partial charge in [0.15, 0.2) is 8.68 Å². The van der Waals surface area contributed by atoms with Gasteiger partial charge in [0.05, 0.1) is 0 Å². The highest BCUT2D eigenvalue weighted by molar-refractivity contribution is 8.02. The third-order valence-electron chi connectivity index (χ3n) is 2.37. The Kier molecular flexibility index (Phi) is 5.41. The number of nitrogens with one attached hydrogen (secondary N) is 1. The molecule has 0 radical (unpaired) electrons. The minimum absolute atomic E-state index is 0.847. The first-order chi connectivity index (χ1) is 7.88. The Hall–Kier alpha value is 0.220. The third-order valence-corrected chi connectivity index (χ3v) is 5.49. The van der Waals surface area contributed by atoms with Gasteiger partial charge in [-0.25, -0.2) is 0 Å². The van der Waals surface area contributed by atoms with E-state index in [2.05, 4.69) is 15.5 Å². The maximum Gasteiger partial charge on any atom is 0.175 e. The normalized spacial score (nSPS) is 15.6. The predicted molar refractivity (Wildman–Crippen MR) is 72.7 cm³/mol. The lowest BCUT2D eigenvalue weighted by Crippen LogP contribution is -2.17. The van der Waals surface area contributed by atoms with Gasteiger partial charge in [0.1, 0.15) is 0 Å². The smallest absolute Gasteiger partial charge is 0.175 e. The summed E-state index contributed by atoms with van der Waals surface area (Å²) in [5, 5.41) is 11.7. The van der Waals surface area contributed by atoms with Crippen LogP contribution in [0.4, 0.5) is 0 Å². The SMILES string of the molecule is CSc1nnc(SCCCCNC2CC2)s1. The van der Waals surface area contributed by atoms with Crippen molar-refractivity contribution < 1.29 is 0 Å². The molecule has 0 bridgehead atoms. The third kappa shape index (κ3) is 4.61. The summed E-state index contributed by atoms with van der Waals surface area (Å²) in [5.41, 5.74) is 0. The lowest BCUT2D eigenvalue weighted by molar-refractivity contribution is 0.640. The molecule has 2 rings (SSSR count). The molecule has 1 aromatic heterocycles. The average molecular weight is 275 g/mol. The summed E-state index contributed by atoms with van der Waals surface area (Å²) in [5.74, 6) is 1.16. The number of hydrogen-bond acceptors (Lipinski definition) is 6. The van der Waals surface area contributed by atoms with Crippen molar-refractivity contribution in [1.29, 1.82) is 0 Å². The molecule has 16 heavy (non-hydrogen) atoms. The highest BCUT2D eigenvalue weighted by atomic mass is 32.2. The summed E-state index contributed by atoms with van der Waals surface area (Å²) in [6.45, 7) is 1.18. The maximum absolute atomic E-state index is 4.14. The molecule has 0 aromatic carbocycles. The second-order valence-corrected chi connectivity index (χ2v) is 7.19. The van der Waals surface area contributed by atoms with E-state index in [9.17, 15) is 0 Å². The molecule has 1 aliphatic rings. The number of hydrogen-bond donors (Lipinski definition) is 1.